The highest BCUT2D eigenvalue weighted by Crippen LogP contribution is 2.39. The molecule has 3 heterocycles. The van der Waals surface area contributed by atoms with Crippen LogP contribution in [0.15, 0.2) is 18.2 Å². The molecule has 0 bridgehead atoms. The van der Waals surface area contributed by atoms with Gasteiger partial charge in [0.05, 0.1) is 6.04 Å². The molecule has 23 heavy (non-hydrogen) atoms. The Morgan fingerprint density at radius 2 is 2.13 bits per heavy atom. The van der Waals surface area contributed by atoms with Gasteiger partial charge in [-0.1, -0.05) is 6.07 Å². The molecule has 0 spiro atoms. The van der Waals surface area contributed by atoms with Crippen LogP contribution in [0.3, 0.4) is 0 Å². The smallest absolute Gasteiger partial charge is 0.231 e. The van der Waals surface area contributed by atoms with Gasteiger partial charge in [-0.15, -0.1) is 0 Å². The molecule has 124 valence electrons. The van der Waals surface area contributed by atoms with Crippen molar-refractivity contribution in [2.24, 2.45) is 5.92 Å². The van der Waals surface area contributed by atoms with Gasteiger partial charge in [0, 0.05) is 18.5 Å². The summed E-state index contributed by atoms with van der Waals surface area (Å²) in [6.07, 6.45) is 4.01. The summed E-state index contributed by atoms with van der Waals surface area (Å²) < 4.78 is 10.9. The van der Waals surface area contributed by atoms with Crippen molar-refractivity contribution in [3.8, 4) is 11.5 Å². The number of benzene rings is 1. The highest BCUT2D eigenvalue weighted by Gasteiger charge is 2.35. The fourth-order valence-corrected chi connectivity index (χ4v) is 4.09. The third kappa shape index (κ3) is 2.78. The van der Waals surface area contributed by atoms with Gasteiger partial charge in [0.25, 0.3) is 0 Å². The molecule has 0 radical (unpaired) electrons. The van der Waals surface area contributed by atoms with Gasteiger partial charge in [-0.3, -0.25) is 4.79 Å². The summed E-state index contributed by atoms with van der Waals surface area (Å²) in [5, 5.41) is 3.43. The van der Waals surface area contributed by atoms with E-state index >= 15 is 0 Å². The van der Waals surface area contributed by atoms with E-state index in [-0.39, 0.29) is 12.0 Å². The van der Waals surface area contributed by atoms with Crippen molar-refractivity contribution in [2.75, 3.05) is 19.9 Å². The third-order valence-electron chi connectivity index (χ3n) is 5.29. The van der Waals surface area contributed by atoms with E-state index in [1.807, 2.05) is 12.1 Å². The first-order valence-corrected chi connectivity index (χ1v) is 8.66. The number of hydrogen-bond acceptors (Lipinski definition) is 4. The number of fused-ring (bicyclic) bond motifs is 1. The lowest BCUT2D eigenvalue weighted by atomic mass is 9.91. The standard InChI is InChI=1S/C18H24N2O3/c1-12-9-14(6-7-19-12)18(21)20-8-2-3-15(20)13-4-5-16-17(10-13)23-11-22-16/h4-5,10,12,14-15,19H,2-3,6-9,11H2,1H3/t12-,14-,15?/m0/s1. The maximum absolute atomic E-state index is 13.0. The van der Waals surface area contributed by atoms with Crippen LogP contribution in [0.1, 0.15) is 44.2 Å². The Kier molecular flexibility index (Phi) is 3.89. The van der Waals surface area contributed by atoms with Gasteiger partial charge >= 0.3 is 0 Å². The molecule has 0 aromatic heterocycles. The van der Waals surface area contributed by atoms with Crippen LogP contribution >= 0.6 is 0 Å². The number of nitrogens with zero attached hydrogens (tertiary/aromatic N) is 1. The molecular formula is C18H24N2O3. The summed E-state index contributed by atoms with van der Waals surface area (Å²) in [7, 11) is 0. The van der Waals surface area contributed by atoms with Crippen molar-refractivity contribution in [2.45, 2.75) is 44.7 Å². The predicted molar refractivity (Wildman–Crippen MR) is 86.4 cm³/mol. The average Bonchev–Trinajstić information content (AvgIpc) is 3.22. The number of piperidine rings is 1. The van der Waals surface area contributed by atoms with Crippen molar-refractivity contribution in [1.29, 1.82) is 0 Å². The minimum Gasteiger partial charge on any atom is -0.454 e. The van der Waals surface area contributed by atoms with Crippen molar-refractivity contribution in [3.63, 3.8) is 0 Å². The second kappa shape index (κ2) is 6.04. The Bertz CT molecular complexity index is 604. The summed E-state index contributed by atoms with van der Waals surface area (Å²) in [5.74, 6) is 2.11. The van der Waals surface area contributed by atoms with Crippen LogP contribution in [0.5, 0.6) is 11.5 Å². The van der Waals surface area contributed by atoms with Crippen LogP contribution in [0.25, 0.3) is 0 Å². The molecule has 1 aromatic rings. The fraction of sp³-hybridized carbons (Fsp3) is 0.611. The number of carbonyl (C=O) groups is 1. The minimum atomic E-state index is 0.167. The van der Waals surface area contributed by atoms with Crippen LogP contribution in [-0.4, -0.2) is 36.7 Å². The van der Waals surface area contributed by atoms with E-state index in [2.05, 4.69) is 23.2 Å². The molecule has 4 rings (SSSR count). The topological polar surface area (TPSA) is 50.8 Å². The molecular weight excluding hydrogens is 292 g/mol. The van der Waals surface area contributed by atoms with Gasteiger partial charge in [0.2, 0.25) is 12.7 Å². The van der Waals surface area contributed by atoms with Gasteiger partial charge < -0.3 is 19.7 Å². The summed E-state index contributed by atoms with van der Waals surface area (Å²) in [6.45, 7) is 4.27. The summed E-state index contributed by atoms with van der Waals surface area (Å²) in [5.41, 5.74) is 1.17. The number of rotatable bonds is 2. The maximum atomic E-state index is 13.0. The number of carbonyl (C=O) groups excluding carboxylic acids is 1. The van der Waals surface area contributed by atoms with Crippen molar-refractivity contribution in [1.82, 2.24) is 10.2 Å². The Morgan fingerprint density at radius 3 is 3.00 bits per heavy atom. The number of nitrogens with one attached hydrogen (secondary N) is 1. The second-order valence-corrected chi connectivity index (χ2v) is 6.88. The van der Waals surface area contributed by atoms with E-state index in [9.17, 15) is 4.79 Å². The van der Waals surface area contributed by atoms with E-state index in [1.54, 1.807) is 0 Å². The zero-order chi connectivity index (χ0) is 15.8. The van der Waals surface area contributed by atoms with Gasteiger partial charge in [-0.05, 0) is 56.8 Å². The summed E-state index contributed by atoms with van der Waals surface area (Å²) >= 11 is 0. The predicted octanol–water partition coefficient (Wildman–Crippen LogP) is 2.47. The fourth-order valence-electron chi connectivity index (χ4n) is 4.09. The van der Waals surface area contributed by atoms with E-state index in [4.69, 9.17) is 9.47 Å². The maximum Gasteiger partial charge on any atom is 0.231 e. The lowest BCUT2D eigenvalue weighted by molar-refractivity contribution is -0.137. The molecule has 3 aliphatic heterocycles. The van der Waals surface area contributed by atoms with Gasteiger partial charge in [0.15, 0.2) is 11.5 Å². The van der Waals surface area contributed by atoms with E-state index in [0.29, 0.717) is 18.7 Å². The molecule has 0 aliphatic carbocycles. The van der Waals surface area contributed by atoms with Crippen molar-refractivity contribution >= 4 is 5.91 Å². The Labute approximate surface area is 136 Å². The van der Waals surface area contributed by atoms with E-state index in [0.717, 1.165) is 50.3 Å². The number of likely N-dealkylation sites (tertiary alicyclic amines) is 1. The number of ether oxygens (including phenoxy) is 2. The zero-order valence-electron chi connectivity index (χ0n) is 13.6. The zero-order valence-corrected chi connectivity index (χ0v) is 13.6. The molecule has 1 N–H and O–H groups in total. The molecule has 2 saturated heterocycles. The Hall–Kier alpha value is -1.75. The van der Waals surface area contributed by atoms with Crippen LogP contribution in [0.2, 0.25) is 0 Å². The first-order chi connectivity index (χ1) is 11.2. The lowest BCUT2D eigenvalue weighted by Crippen LogP contribution is -2.44. The molecule has 1 unspecified atom stereocenters. The quantitative estimate of drug-likeness (QED) is 0.910. The number of hydrogen-bond donors (Lipinski definition) is 1. The third-order valence-corrected chi connectivity index (χ3v) is 5.29. The van der Waals surface area contributed by atoms with E-state index in [1.165, 1.54) is 5.56 Å². The number of amides is 1. The second-order valence-electron chi connectivity index (χ2n) is 6.88. The summed E-state index contributed by atoms with van der Waals surface area (Å²) in [6, 6.07) is 6.70. The molecule has 3 aliphatic rings. The normalized spacial score (nSPS) is 29.8. The van der Waals surface area contributed by atoms with Crippen molar-refractivity contribution in [3.05, 3.63) is 23.8 Å². The molecule has 1 amide bonds. The van der Waals surface area contributed by atoms with Crippen molar-refractivity contribution < 1.29 is 14.3 Å². The molecule has 0 saturated carbocycles. The van der Waals surface area contributed by atoms with Crippen LogP contribution in [-0.2, 0) is 4.79 Å². The lowest BCUT2D eigenvalue weighted by Gasteiger charge is -2.33. The Balaban J connectivity index is 1.53. The van der Waals surface area contributed by atoms with Crippen LogP contribution in [0, 0.1) is 5.92 Å². The summed E-state index contributed by atoms with van der Waals surface area (Å²) in [4.78, 5) is 15.1. The van der Waals surface area contributed by atoms with Gasteiger partial charge in [-0.25, -0.2) is 0 Å². The highest BCUT2D eigenvalue weighted by atomic mass is 16.7. The minimum absolute atomic E-state index is 0.167. The first kappa shape index (κ1) is 14.8. The first-order valence-electron chi connectivity index (χ1n) is 8.66. The van der Waals surface area contributed by atoms with Crippen LogP contribution < -0.4 is 14.8 Å². The molecule has 1 aromatic carbocycles. The SMILES string of the molecule is C[C@H]1C[C@@H](C(=O)N2CCCC2c2ccc3c(c2)OCO3)CCN1. The highest BCUT2D eigenvalue weighted by molar-refractivity contribution is 5.80. The molecule has 3 atom stereocenters. The molecule has 2 fully saturated rings. The van der Waals surface area contributed by atoms with Gasteiger partial charge in [0.1, 0.15) is 0 Å². The monoisotopic (exact) mass is 316 g/mol. The average molecular weight is 316 g/mol. The largest absolute Gasteiger partial charge is 0.454 e. The van der Waals surface area contributed by atoms with Gasteiger partial charge in [-0.2, -0.15) is 0 Å². The molecule has 5 nitrogen and oxygen atoms in total. The Morgan fingerprint density at radius 1 is 1.26 bits per heavy atom. The van der Waals surface area contributed by atoms with E-state index < -0.39 is 0 Å². The molecule has 5 heteroatoms. The van der Waals surface area contributed by atoms with Crippen LogP contribution in [0.4, 0.5) is 0 Å².